The molecule has 3 N–H and O–H groups in total. The molecule has 8 nitrogen and oxygen atoms in total. The number of halogens is 1. The summed E-state index contributed by atoms with van der Waals surface area (Å²) in [7, 11) is -3.59. The van der Waals surface area contributed by atoms with Crippen LogP contribution < -0.4 is 15.4 Å². The van der Waals surface area contributed by atoms with Crippen molar-refractivity contribution in [2.24, 2.45) is 0 Å². The number of hydrogen-bond donors (Lipinski definition) is 3. The van der Waals surface area contributed by atoms with Crippen LogP contribution in [-0.4, -0.2) is 36.5 Å². The van der Waals surface area contributed by atoms with E-state index in [1.54, 1.807) is 36.5 Å². The summed E-state index contributed by atoms with van der Waals surface area (Å²) in [5, 5.41) is 6.18. The van der Waals surface area contributed by atoms with E-state index in [4.69, 9.17) is 0 Å². The van der Waals surface area contributed by atoms with Crippen LogP contribution in [-0.2, 0) is 10.0 Å². The molecule has 0 aliphatic rings. The Morgan fingerprint density at radius 2 is 1.71 bits per heavy atom. The highest BCUT2D eigenvalue weighted by Crippen LogP contribution is 2.20. The zero-order valence-electron chi connectivity index (χ0n) is 15.1. The normalized spacial score (nSPS) is 11.2. The summed E-state index contributed by atoms with van der Waals surface area (Å²) in [6.45, 7) is 2.55. The van der Waals surface area contributed by atoms with Crippen molar-refractivity contribution in [1.82, 2.24) is 19.7 Å². The Balaban J connectivity index is 1.55. The lowest BCUT2D eigenvalue weighted by molar-refractivity contribution is 0.582. The largest absolute Gasteiger partial charge is 0.369 e. The maximum atomic E-state index is 12.3. The topological polar surface area (TPSA) is 109 Å². The van der Waals surface area contributed by atoms with Gasteiger partial charge in [0.15, 0.2) is 0 Å². The second-order valence-electron chi connectivity index (χ2n) is 5.89. The number of rotatable bonds is 8. The molecule has 28 heavy (non-hydrogen) atoms. The maximum absolute atomic E-state index is 12.3. The Labute approximate surface area is 172 Å². The van der Waals surface area contributed by atoms with Gasteiger partial charge in [-0.3, -0.25) is 0 Å². The lowest BCUT2D eigenvalue weighted by Crippen LogP contribution is -2.29. The number of anilines is 3. The van der Waals surface area contributed by atoms with E-state index < -0.39 is 10.0 Å². The van der Waals surface area contributed by atoms with E-state index in [-0.39, 0.29) is 11.4 Å². The Morgan fingerprint density at radius 1 is 0.964 bits per heavy atom. The molecule has 146 valence electrons. The molecule has 10 heteroatoms. The zero-order chi connectivity index (χ0) is 20.0. The third-order valence-corrected chi connectivity index (χ3v) is 6.16. The first-order chi connectivity index (χ1) is 13.4. The SMILES string of the molecule is Cc1ccnc(Nc2cc(NCCNS(=O)(=O)c3ccccc3Br)ncn2)c1. The van der Waals surface area contributed by atoms with Crippen molar-refractivity contribution in [1.29, 1.82) is 0 Å². The molecule has 0 saturated heterocycles. The fourth-order valence-electron chi connectivity index (χ4n) is 2.37. The van der Waals surface area contributed by atoms with Gasteiger partial charge in [0.25, 0.3) is 0 Å². The highest BCUT2D eigenvalue weighted by atomic mass is 79.9. The fraction of sp³-hybridized carbons (Fsp3) is 0.167. The number of hydrogen-bond acceptors (Lipinski definition) is 7. The number of nitrogens with zero attached hydrogens (tertiary/aromatic N) is 3. The first kappa shape index (κ1) is 20.2. The van der Waals surface area contributed by atoms with Gasteiger partial charge >= 0.3 is 0 Å². The van der Waals surface area contributed by atoms with Gasteiger partial charge in [-0.15, -0.1) is 0 Å². The molecule has 0 radical (unpaired) electrons. The minimum Gasteiger partial charge on any atom is -0.369 e. The number of pyridine rings is 1. The van der Waals surface area contributed by atoms with Crippen molar-refractivity contribution in [2.75, 3.05) is 23.7 Å². The molecule has 1 aromatic carbocycles. The van der Waals surface area contributed by atoms with Crippen molar-refractivity contribution < 1.29 is 8.42 Å². The number of aryl methyl sites for hydroxylation is 1. The van der Waals surface area contributed by atoms with Gasteiger partial charge in [0.05, 0.1) is 4.90 Å². The first-order valence-corrected chi connectivity index (χ1v) is 10.7. The second-order valence-corrected chi connectivity index (χ2v) is 8.48. The van der Waals surface area contributed by atoms with Crippen LogP contribution in [0, 0.1) is 6.92 Å². The van der Waals surface area contributed by atoms with Gasteiger partial charge < -0.3 is 10.6 Å². The van der Waals surface area contributed by atoms with Crippen molar-refractivity contribution in [3.63, 3.8) is 0 Å². The Kier molecular flexibility index (Phi) is 6.55. The molecule has 0 spiro atoms. The lowest BCUT2D eigenvalue weighted by atomic mass is 10.3. The van der Waals surface area contributed by atoms with E-state index in [1.807, 2.05) is 19.1 Å². The lowest BCUT2D eigenvalue weighted by Gasteiger charge is -2.10. The fourth-order valence-corrected chi connectivity index (χ4v) is 4.41. The quantitative estimate of drug-likeness (QED) is 0.441. The van der Waals surface area contributed by atoms with E-state index >= 15 is 0 Å². The molecule has 0 bridgehead atoms. The molecule has 2 aromatic heterocycles. The average molecular weight is 463 g/mol. The molecular formula is C18H19BrN6O2S. The highest BCUT2D eigenvalue weighted by molar-refractivity contribution is 9.10. The van der Waals surface area contributed by atoms with Gasteiger partial charge in [-0.25, -0.2) is 28.1 Å². The van der Waals surface area contributed by atoms with Gasteiger partial charge in [0.2, 0.25) is 10.0 Å². The Morgan fingerprint density at radius 3 is 2.50 bits per heavy atom. The van der Waals surface area contributed by atoms with E-state index in [2.05, 4.69) is 46.2 Å². The molecular weight excluding hydrogens is 444 g/mol. The minimum absolute atomic E-state index is 0.203. The van der Waals surface area contributed by atoms with E-state index in [0.29, 0.717) is 28.5 Å². The second kappa shape index (κ2) is 9.09. The highest BCUT2D eigenvalue weighted by Gasteiger charge is 2.16. The van der Waals surface area contributed by atoms with Crippen LogP contribution in [0.2, 0.25) is 0 Å². The summed E-state index contributed by atoms with van der Waals surface area (Å²) >= 11 is 3.25. The van der Waals surface area contributed by atoms with Crippen LogP contribution in [0.25, 0.3) is 0 Å². The third kappa shape index (κ3) is 5.47. The van der Waals surface area contributed by atoms with Crippen LogP contribution in [0.1, 0.15) is 5.56 Å². The van der Waals surface area contributed by atoms with Gasteiger partial charge in [0, 0.05) is 29.8 Å². The monoisotopic (exact) mass is 462 g/mol. The van der Waals surface area contributed by atoms with Crippen LogP contribution in [0.15, 0.2) is 64.4 Å². The molecule has 2 heterocycles. The molecule has 0 aliphatic heterocycles. The summed E-state index contributed by atoms with van der Waals surface area (Å²) in [4.78, 5) is 12.7. The van der Waals surface area contributed by atoms with Gasteiger partial charge in [0.1, 0.15) is 23.8 Å². The molecule has 3 aromatic rings. The number of aromatic nitrogens is 3. The summed E-state index contributed by atoms with van der Waals surface area (Å²) in [6.07, 6.45) is 3.14. The molecule has 0 atom stereocenters. The first-order valence-electron chi connectivity index (χ1n) is 8.44. The van der Waals surface area contributed by atoms with Crippen LogP contribution in [0.4, 0.5) is 17.5 Å². The molecule has 0 amide bonds. The number of sulfonamides is 1. The number of benzene rings is 1. The van der Waals surface area contributed by atoms with Gasteiger partial charge in [-0.2, -0.15) is 0 Å². The maximum Gasteiger partial charge on any atom is 0.241 e. The van der Waals surface area contributed by atoms with Crippen LogP contribution in [0.5, 0.6) is 0 Å². The zero-order valence-corrected chi connectivity index (χ0v) is 17.5. The van der Waals surface area contributed by atoms with Gasteiger partial charge in [-0.05, 0) is 52.7 Å². The summed E-state index contributed by atoms with van der Waals surface area (Å²) in [6, 6.07) is 12.2. The summed E-state index contributed by atoms with van der Waals surface area (Å²) in [5.41, 5.74) is 1.09. The van der Waals surface area contributed by atoms with Crippen molar-refractivity contribution in [3.8, 4) is 0 Å². The molecule has 0 unspecified atom stereocenters. The van der Waals surface area contributed by atoms with E-state index in [1.165, 1.54) is 6.33 Å². The van der Waals surface area contributed by atoms with Crippen LogP contribution >= 0.6 is 15.9 Å². The molecule has 3 rings (SSSR count). The van der Waals surface area contributed by atoms with Crippen molar-refractivity contribution in [2.45, 2.75) is 11.8 Å². The predicted octanol–water partition coefficient (Wildman–Crippen LogP) is 3.08. The number of nitrogens with one attached hydrogen (secondary N) is 3. The predicted molar refractivity (Wildman–Crippen MR) is 112 cm³/mol. The van der Waals surface area contributed by atoms with E-state index in [9.17, 15) is 8.42 Å². The third-order valence-electron chi connectivity index (χ3n) is 3.69. The van der Waals surface area contributed by atoms with E-state index in [0.717, 1.165) is 5.56 Å². The smallest absolute Gasteiger partial charge is 0.241 e. The standard InChI is InChI=1S/C18H19BrN6O2S/c1-13-6-7-20-17(10-13)25-18-11-16(22-12-23-18)21-8-9-24-28(26,27)15-5-3-2-4-14(15)19/h2-7,10-12,24H,8-9H2,1H3,(H2,20,21,22,23,25). The Bertz CT molecular complexity index is 1060. The molecule has 0 fully saturated rings. The summed E-state index contributed by atoms with van der Waals surface area (Å²) in [5.74, 6) is 1.85. The minimum atomic E-state index is -3.59. The van der Waals surface area contributed by atoms with Crippen molar-refractivity contribution >= 4 is 43.4 Å². The molecule has 0 saturated carbocycles. The summed E-state index contributed by atoms with van der Waals surface area (Å²) < 4.78 is 27.8. The van der Waals surface area contributed by atoms with Crippen LogP contribution in [0.3, 0.4) is 0 Å². The average Bonchev–Trinajstić information content (AvgIpc) is 2.66. The van der Waals surface area contributed by atoms with Crippen molar-refractivity contribution in [3.05, 3.63) is 65.0 Å². The van der Waals surface area contributed by atoms with Gasteiger partial charge in [-0.1, -0.05) is 12.1 Å². The molecule has 0 aliphatic carbocycles. The Hall–Kier alpha value is -2.56.